The summed E-state index contributed by atoms with van der Waals surface area (Å²) in [6.45, 7) is 2.15. The van der Waals surface area contributed by atoms with Gasteiger partial charge in [0.15, 0.2) is 16.6 Å². The van der Waals surface area contributed by atoms with Crippen molar-refractivity contribution in [3.63, 3.8) is 0 Å². The number of nitrogens with two attached hydrogens (primary N) is 1. The minimum Gasteiger partial charge on any atom is -0.493 e. The molecule has 0 unspecified atom stereocenters. The van der Waals surface area contributed by atoms with Gasteiger partial charge in [-0.05, 0) is 31.0 Å². The van der Waals surface area contributed by atoms with E-state index in [9.17, 15) is 9.59 Å². The number of benzene rings is 1. The van der Waals surface area contributed by atoms with Gasteiger partial charge in [0, 0.05) is 23.3 Å². The molecule has 0 bridgehead atoms. The van der Waals surface area contributed by atoms with E-state index in [4.69, 9.17) is 15.2 Å². The topological polar surface area (TPSA) is 128 Å². The highest BCUT2D eigenvalue weighted by molar-refractivity contribution is 7.15. The van der Waals surface area contributed by atoms with Crippen molar-refractivity contribution in [3.8, 4) is 11.5 Å². The highest BCUT2D eigenvalue weighted by Gasteiger charge is 2.08. The monoisotopic (exact) mass is 419 g/mol. The van der Waals surface area contributed by atoms with Gasteiger partial charge in [-0.15, -0.1) is 11.3 Å². The molecule has 9 nitrogen and oxygen atoms in total. The summed E-state index contributed by atoms with van der Waals surface area (Å²) in [7, 11) is 3.16. The molecule has 0 aliphatic rings. The molecule has 0 spiro atoms. The molecule has 156 valence electrons. The van der Waals surface area contributed by atoms with Gasteiger partial charge in [-0.25, -0.2) is 10.4 Å². The smallest absolute Gasteiger partial charge is 0.245 e. The average molecular weight is 420 g/mol. The van der Waals surface area contributed by atoms with E-state index >= 15 is 0 Å². The quantitative estimate of drug-likeness (QED) is 0.396. The van der Waals surface area contributed by atoms with Crippen molar-refractivity contribution in [1.29, 1.82) is 0 Å². The van der Waals surface area contributed by atoms with E-state index < -0.39 is 0 Å². The second kappa shape index (κ2) is 11.0. The molecule has 0 radical (unpaired) electrons. The number of hydrogen-bond donors (Lipinski definition) is 3. The molecule has 1 aromatic heterocycles. The predicted octanol–water partition coefficient (Wildman–Crippen LogP) is 1.53. The van der Waals surface area contributed by atoms with Gasteiger partial charge in [-0.3, -0.25) is 9.59 Å². The number of nitrogens with zero attached hydrogens (tertiary/aromatic N) is 2. The normalized spacial score (nSPS) is 11.1. The van der Waals surface area contributed by atoms with Crippen LogP contribution in [0.1, 0.15) is 23.8 Å². The maximum Gasteiger partial charge on any atom is 0.245 e. The van der Waals surface area contributed by atoms with Crippen LogP contribution in [0.4, 0.5) is 5.13 Å². The van der Waals surface area contributed by atoms with E-state index in [1.807, 2.05) is 18.2 Å². The van der Waals surface area contributed by atoms with Crippen molar-refractivity contribution in [3.05, 3.63) is 34.8 Å². The highest BCUT2D eigenvalue weighted by atomic mass is 32.1. The fraction of sp³-hybridized carbons (Fsp3) is 0.368. The SMILES string of the molecule is COc1ccc(CCNC(=O)CC(C)=NNC(=O)Cc2cnc(N)s2)cc1OC. The number of carbonyl (C=O) groups is 2. The molecule has 0 atom stereocenters. The number of anilines is 1. The van der Waals surface area contributed by atoms with Crippen LogP contribution in [0.15, 0.2) is 29.5 Å². The predicted molar refractivity (Wildman–Crippen MR) is 112 cm³/mol. The Labute approximate surface area is 173 Å². The highest BCUT2D eigenvalue weighted by Crippen LogP contribution is 2.27. The van der Waals surface area contributed by atoms with Crippen molar-refractivity contribution in [2.45, 2.75) is 26.2 Å². The Balaban J connectivity index is 1.72. The summed E-state index contributed by atoms with van der Waals surface area (Å²) in [6.07, 6.45) is 2.45. The Morgan fingerprint density at radius 3 is 2.62 bits per heavy atom. The number of thiazole rings is 1. The lowest BCUT2D eigenvalue weighted by Crippen LogP contribution is -2.28. The molecule has 2 amide bonds. The molecule has 0 aliphatic heterocycles. The van der Waals surface area contributed by atoms with Crippen LogP contribution >= 0.6 is 11.3 Å². The number of methoxy groups -OCH3 is 2. The van der Waals surface area contributed by atoms with E-state index in [2.05, 4.69) is 20.8 Å². The van der Waals surface area contributed by atoms with Gasteiger partial charge in [0.05, 0.1) is 27.1 Å². The summed E-state index contributed by atoms with van der Waals surface area (Å²) >= 11 is 1.25. The van der Waals surface area contributed by atoms with E-state index in [1.165, 1.54) is 11.3 Å². The average Bonchev–Trinajstić information content (AvgIpc) is 3.10. The summed E-state index contributed by atoms with van der Waals surface area (Å²) in [5.41, 5.74) is 9.48. The Bertz CT molecular complexity index is 881. The van der Waals surface area contributed by atoms with Crippen molar-refractivity contribution >= 4 is 34.0 Å². The molecule has 0 saturated carbocycles. The number of hydrogen-bond acceptors (Lipinski definition) is 8. The van der Waals surface area contributed by atoms with Gasteiger partial charge in [0.2, 0.25) is 11.8 Å². The number of hydrazone groups is 1. The Morgan fingerprint density at radius 2 is 1.97 bits per heavy atom. The lowest BCUT2D eigenvalue weighted by molar-refractivity contribution is -0.121. The fourth-order valence-corrected chi connectivity index (χ4v) is 3.16. The van der Waals surface area contributed by atoms with E-state index in [1.54, 1.807) is 27.3 Å². The molecule has 2 rings (SSSR count). The number of rotatable bonds is 10. The third kappa shape index (κ3) is 7.41. The Morgan fingerprint density at radius 1 is 1.21 bits per heavy atom. The summed E-state index contributed by atoms with van der Waals surface area (Å²) in [5, 5.41) is 7.20. The van der Waals surface area contributed by atoms with Crippen LogP contribution in [-0.2, 0) is 22.4 Å². The van der Waals surface area contributed by atoms with Gasteiger partial charge >= 0.3 is 0 Å². The largest absolute Gasteiger partial charge is 0.493 e. The zero-order valence-corrected chi connectivity index (χ0v) is 17.5. The first-order chi connectivity index (χ1) is 13.9. The van der Waals surface area contributed by atoms with E-state index in [0.717, 1.165) is 10.4 Å². The molecular weight excluding hydrogens is 394 g/mol. The van der Waals surface area contributed by atoms with Crippen LogP contribution in [-0.4, -0.2) is 43.3 Å². The summed E-state index contributed by atoms with van der Waals surface area (Å²) in [4.78, 5) is 28.5. The van der Waals surface area contributed by atoms with Crippen molar-refractivity contribution in [1.82, 2.24) is 15.7 Å². The molecule has 4 N–H and O–H groups in total. The first kappa shape index (κ1) is 22.2. The molecular formula is C19H25N5O4S. The molecule has 0 saturated heterocycles. The number of carbonyl (C=O) groups excluding carboxylic acids is 2. The van der Waals surface area contributed by atoms with Crippen molar-refractivity contribution < 1.29 is 19.1 Å². The van der Waals surface area contributed by atoms with Gasteiger partial charge < -0.3 is 20.5 Å². The van der Waals surface area contributed by atoms with Crippen LogP contribution in [0, 0.1) is 0 Å². The second-order valence-corrected chi connectivity index (χ2v) is 7.34. The minimum atomic E-state index is -0.290. The van der Waals surface area contributed by atoms with Gasteiger partial charge in [-0.1, -0.05) is 6.07 Å². The zero-order valence-electron chi connectivity index (χ0n) is 16.7. The fourth-order valence-electron chi connectivity index (χ4n) is 2.48. The zero-order chi connectivity index (χ0) is 21.2. The number of amides is 2. The van der Waals surface area contributed by atoms with E-state index in [0.29, 0.717) is 35.3 Å². The van der Waals surface area contributed by atoms with Crippen LogP contribution in [0.2, 0.25) is 0 Å². The molecule has 0 aliphatic carbocycles. The van der Waals surface area contributed by atoms with Gasteiger partial charge in [0.1, 0.15) is 0 Å². The molecule has 0 fully saturated rings. The lowest BCUT2D eigenvalue weighted by atomic mass is 10.1. The maximum absolute atomic E-state index is 12.0. The molecule has 10 heteroatoms. The Hall–Kier alpha value is -3.14. The summed E-state index contributed by atoms with van der Waals surface area (Å²) in [5.74, 6) is 0.849. The van der Waals surface area contributed by atoms with Crippen LogP contribution in [0.5, 0.6) is 11.5 Å². The van der Waals surface area contributed by atoms with Gasteiger partial charge in [0.25, 0.3) is 0 Å². The first-order valence-corrected chi connectivity index (χ1v) is 9.72. The number of nitrogen functional groups attached to an aromatic ring is 1. The van der Waals surface area contributed by atoms with Crippen LogP contribution < -0.4 is 25.9 Å². The second-order valence-electron chi connectivity index (χ2n) is 6.19. The van der Waals surface area contributed by atoms with Crippen LogP contribution in [0.25, 0.3) is 0 Å². The summed E-state index contributed by atoms with van der Waals surface area (Å²) < 4.78 is 10.5. The van der Waals surface area contributed by atoms with E-state index in [-0.39, 0.29) is 24.7 Å². The third-order valence-electron chi connectivity index (χ3n) is 3.88. The maximum atomic E-state index is 12.0. The Kier molecular flexibility index (Phi) is 8.41. The summed E-state index contributed by atoms with van der Waals surface area (Å²) in [6, 6.07) is 5.63. The van der Waals surface area contributed by atoms with Gasteiger partial charge in [-0.2, -0.15) is 5.10 Å². The minimum absolute atomic E-state index is 0.0969. The molecule has 1 aromatic carbocycles. The third-order valence-corrected chi connectivity index (χ3v) is 4.70. The van der Waals surface area contributed by atoms with Crippen molar-refractivity contribution in [2.75, 3.05) is 26.5 Å². The molecule has 29 heavy (non-hydrogen) atoms. The van der Waals surface area contributed by atoms with Crippen LogP contribution in [0.3, 0.4) is 0 Å². The number of aromatic nitrogens is 1. The molecule has 1 heterocycles. The molecule has 2 aromatic rings. The first-order valence-electron chi connectivity index (χ1n) is 8.91. The number of ether oxygens (including phenoxy) is 2. The number of nitrogens with one attached hydrogen (secondary N) is 2. The standard InChI is InChI=1S/C19H25N5O4S/c1-12(23-24-18(26)10-14-11-22-19(20)29-14)8-17(25)21-7-6-13-4-5-15(27-2)16(9-13)28-3/h4-5,9,11H,6-8,10H2,1-3H3,(H2,20,22)(H,21,25)(H,24,26). The lowest BCUT2D eigenvalue weighted by Gasteiger charge is -2.10. The van der Waals surface area contributed by atoms with Crippen molar-refractivity contribution in [2.24, 2.45) is 5.10 Å².